The Bertz CT molecular complexity index is 1370. The van der Waals surface area contributed by atoms with Crippen molar-refractivity contribution in [2.24, 2.45) is 0 Å². The SMILES string of the molecule is CNc1nc(N)nc2c1ncn2C1O[C@H](COP(=O)(NCC(=O)OC2CC2)OC2C=CC(C)=CC2)[C@@H](O)[C@@]1(C)O. The Labute approximate surface area is 230 Å². The van der Waals surface area contributed by atoms with Gasteiger partial charge in [-0.05, 0) is 33.1 Å². The third kappa shape index (κ3) is 6.05. The van der Waals surface area contributed by atoms with Crippen LogP contribution in [0, 0.1) is 0 Å². The van der Waals surface area contributed by atoms with Gasteiger partial charge in [-0.3, -0.25) is 18.4 Å². The molecule has 15 nitrogen and oxygen atoms in total. The first-order valence-electron chi connectivity index (χ1n) is 13.0. The molecule has 0 spiro atoms. The number of nitrogens with two attached hydrogens (primary N) is 1. The number of aliphatic hydroxyl groups excluding tert-OH is 1. The number of nitrogens with zero attached hydrogens (tertiary/aromatic N) is 4. The van der Waals surface area contributed by atoms with E-state index in [1.54, 1.807) is 13.1 Å². The van der Waals surface area contributed by atoms with Gasteiger partial charge in [0.15, 0.2) is 23.2 Å². The molecule has 0 amide bonds. The number of rotatable bonds is 11. The minimum absolute atomic E-state index is 0.0251. The van der Waals surface area contributed by atoms with E-state index in [0.29, 0.717) is 17.8 Å². The lowest BCUT2D eigenvalue weighted by Crippen LogP contribution is -2.44. The first-order chi connectivity index (χ1) is 19.0. The highest BCUT2D eigenvalue weighted by Gasteiger charge is 2.54. The van der Waals surface area contributed by atoms with Gasteiger partial charge in [-0.25, -0.2) is 14.6 Å². The second-order valence-electron chi connectivity index (χ2n) is 10.2. The number of aromatic nitrogens is 4. The molecule has 6 N–H and O–H groups in total. The molecule has 6 atom stereocenters. The number of ether oxygens (including phenoxy) is 2. The van der Waals surface area contributed by atoms with Gasteiger partial charge in [0.05, 0.1) is 19.0 Å². The van der Waals surface area contributed by atoms with Crippen molar-refractivity contribution in [3.05, 3.63) is 30.1 Å². The van der Waals surface area contributed by atoms with Crippen molar-refractivity contribution >= 4 is 36.6 Å². The maximum absolute atomic E-state index is 13.7. The highest BCUT2D eigenvalue weighted by molar-refractivity contribution is 7.51. The summed E-state index contributed by atoms with van der Waals surface area (Å²) in [6.45, 7) is 2.48. The fourth-order valence-electron chi connectivity index (χ4n) is 4.48. The van der Waals surface area contributed by atoms with Crippen LogP contribution in [0.25, 0.3) is 11.2 Å². The quantitative estimate of drug-likeness (QED) is 0.187. The van der Waals surface area contributed by atoms with Crippen LogP contribution < -0.4 is 16.1 Å². The molecular formula is C24H34N7O8P. The van der Waals surface area contributed by atoms with Crippen molar-refractivity contribution < 1.29 is 38.1 Å². The molecule has 16 heteroatoms. The summed E-state index contributed by atoms with van der Waals surface area (Å²) < 4.78 is 37.8. The number of esters is 1. The van der Waals surface area contributed by atoms with Crippen molar-refractivity contribution in [1.29, 1.82) is 0 Å². The highest BCUT2D eigenvalue weighted by Crippen LogP contribution is 2.48. The smallest absolute Gasteiger partial charge is 0.406 e. The third-order valence-electron chi connectivity index (χ3n) is 6.85. The number of hydrogen-bond acceptors (Lipinski definition) is 13. The number of carbonyl (C=O) groups is 1. The summed E-state index contributed by atoms with van der Waals surface area (Å²) >= 11 is 0. The third-order valence-corrected chi connectivity index (χ3v) is 8.43. The first-order valence-corrected chi connectivity index (χ1v) is 14.5. The molecule has 0 bridgehead atoms. The van der Waals surface area contributed by atoms with Gasteiger partial charge in [-0.15, -0.1) is 0 Å². The number of aliphatic hydroxyl groups is 2. The molecular weight excluding hydrogens is 545 g/mol. The van der Waals surface area contributed by atoms with Gasteiger partial charge in [-0.1, -0.05) is 23.8 Å². The lowest BCUT2D eigenvalue weighted by atomic mass is 9.96. The Hall–Kier alpha value is -2.91. The summed E-state index contributed by atoms with van der Waals surface area (Å²) in [5.41, 5.74) is 5.70. The predicted octanol–water partition coefficient (Wildman–Crippen LogP) is 1.17. The van der Waals surface area contributed by atoms with Crippen LogP contribution in [0.15, 0.2) is 30.1 Å². The number of carbonyl (C=O) groups excluding carboxylic acids is 1. The molecule has 3 heterocycles. The number of imidazole rings is 1. The molecule has 1 saturated carbocycles. The fourth-order valence-corrected chi connectivity index (χ4v) is 5.89. The molecule has 3 unspecified atom stereocenters. The van der Waals surface area contributed by atoms with Crippen molar-refractivity contribution in [1.82, 2.24) is 24.6 Å². The summed E-state index contributed by atoms with van der Waals surface area (Å²) in [4.78, 5) is 24.8. The van der Waals surface area contributed by atoms with Gasteiger partial charge in [0.25, 0.3) is 0 Å². The van der Waals surface area contributed by atoms with Crippen molar-refractivity contribution in [3.63, 3.8) is 0 Å². The zero-order valence-electron chi connectivity index (χ0n) is 22.4. The normalized spacial score (nSPS) is 29.8. The number of fused-ring (bicyclic) bond motifs is 1. The number of nitrogens with one attached hydrogen (secondary N) is 2. The molecule has 2 aromatic heterocycles. The van der Waals surface area contributed by atoms with Crippen LogP contribution in [0.5, 0.6) is 0 Å². The molecule has 2 fully saturated rings. The minimum Gasteiger partial charge on any atom is -0.461 e. The standard InChI is InChI=1S/C24H34N7O8P/c1-13-4-6-15(7-5-13)39-40(35,28-10-17(32)37-14-8-9-14)36-11-16-19(33)24(2,34)22(38-16)31-12-27-18-20(26-3)29-23(25)30-21(18)31/h4-6,12,14-16,19,22,33-34H,7-11H2,1-3H3,(H,28,35)(H3,25,26,29,30)/t15?,16-,19-,22?,24-,40?/m1/s1. The maximum atomic E-state index is 13.7. The molecule has 40 heavy (non-hydrogen) atoms. The van der Waals surface area contributed by atoms with E-state index in [-0.39, 0.29) is 17.7 Å². The Morgan fingerprint density at radius 3 is 2.83 bits per heavy atom. The summed E-state index contributed by atoms with van der Waals surface area (Å²) in [6, 6.07) is 0. The van der Waals surface area contributed by atoms with Crippen molar-refractivity contribution in [2.45, 2.75) is 69.4 Å². The maximum Gasteiger partial charge on any atom is 0.406 e. The monoisotopic (exact) mass is 579 g/mol. The van der Waals surface area contributed by atoms with Crippen molar-refractivity contribution in [2.75, 3.05) is 31.2 Å². The second-order valence-corrected chi connectivity index (χ2v) is 12.0. The van der Waals surface area contributed by atoms with E-state index in [2.05, 4.69) is 25.4 Å². The number of hydrogen-bond donors (Lipinski definition) is 5. The van der Waals surface area contributed by atoms with Gasteiger partial charge in [0.2, 0.25) is 5.95 Å². The van der Waals surface area contributed by atoms with Crippen LogP contribution in [0.1, 0.15) is 39.3 Å². The average Bonchev–Trinajstić information content (AvgIpc) is 3.59. The molecule has 5 rings (SSSR count). The van der Waals surface area contributed by atoms with Gasteiger partial charge in [-0.2, -0.15) is 9.97 Å². The fraction of sp³-hybridized carbons (Fsp3) is 0.583. The van der Waals surface area contributed by atoms with E-state index in [4.69, 9.17) is 24.3 Å². The molecule has 2 aliphatic carbocycles. The molecule has 0 aromatic carbocycles. The van der Waals surface area contributed by atoms with E-state index in [9.17, 15) is 19.6 Å². The zero-order valence-corrected chi connectivity index (χ0v) is 23.3. The second kappa shape index (κ2) is 11.2. The van der Waals surface area contributed by atoms with E-state index in [1.807, 2.05) is 19.1 Å². The molecule has 218 valence electrons. The van der Waals surface area contributed by atoms with Gasteiger partial charge in [0.1, 0.15) is 30.5 Å². The predicted molar refractivity (Wildman–Crippen MR) is 143 cm³/mol. The summed E-state index contributed by atoms with van der Waals surface area (Å²) in [7, 11) is -2.46. The van der Waals surface area contributed by atoms with Gasteiger partial charge >= 0.3 is 13.7 Å². The molecule has 2 aromatic rings. The Balaban J connectivity index is 1.31. The highest BCUT2D eigenvalue weighted by atomic mass is 31.2. The molecule has 1 saturated heterocycles. The minimum atomic E-state index is -4.11. The largest absolute Gasteiger partial charge is 0.461 e. The zero-order chi connectivity index (χ0) is 28.7. The molecule has 0 radical (unpaired) electrons. The van der Waals surface area contributed by atoms with Crippen LogP contribution in [0.4, 0.5) is 11.8 Å². The van der Waals surface area contributed by atoms with Gasteiger partial charge < -0.3 is 30.7 Å². The number of anilines is 2. The van der Waals surface area contributed by atoms with Gasteiger partial charge in [0, 0.05) is 7.05 Å². The number of allylic oxidation sites excluding steroid dienone is 2. The lowest BCUT2D eigenvalue weighted by Gasteiger charge is -2.27. The van der Waals surface area contributed by atoms with Crippen LogP contribution >= 0.6 is 7.75 Å². The van der Waals surface area contributed by atoms with E-state index in [0.717, 1.165) is 18.4 Å². The number of nitrogen functional groups attached to an aromatic ring is 1. The van der Waals surface area contributed by atoms with Crippen LogP contribution in [0.3, 0.4) is 0 Å². The first kappa shape index (κ1) is 28.6. The average molecular weight is 580 g/mol. The van der Waals surface area contributed by atoms with E-state index < -0.39 is 57.0 Å². The Morgan fingerprint density at radius 1 is 1.38 bits per heavy atom. The van der Waals surface area contributed by atoms with Crippen LogP contribution in [-0.4, -0.2) is 85.9 Å². The lowest BCUT2D eigenvalue weighted by molar-refractivity contribution is -0.143. The Morgan fingerprint density at radius 2 is 2.15 bits per heavy atom. The van der Waals surface area contributed by atoms with E-state index >= 15 is 0 Å². The van der Waals surface area contributed by atoms with E-state index in [1.165, 1.54) is 17.8 Å². The Kier molecular flexibility index (Phi) is 7.99. The van der Waals surface area contributed by atoms with Crippen LogP contribution in [-0.2, 0) is 27.9 Å². The summed E-state index contributed by atoms with van der Waals surface area (Å²) in [5, 5.41) is 27.7. The molecule has 1 aliphatic heterocycles. The van der Waals surface area contributed by atoms with Crippen LogP contribution in [0.2, 0.25) is 0 Å². The molecule has 3 aliphatic rings. The summed E-state index contributed by atoms with van der Waals surface area (Å²) in [6.07, 6.45) is 4.49. The van der Waals surface area contributed by atoms with Crippen molar-refractivity contribution in [3.8, 4) is 0 Å². The summed E-state index contributed by atoms with van der Waals surface area (Å²) in [5.74, 6) is -0.229. The topological polar surface area (TPSA) is 205 Å².